The molecule has 3 aromatic carbocycles. The third-order valence-corrected chi connectivity index (χ3v) is 6.13. The lowest BCUT2D eigenvalue weighted by Gasteiger charge is -2.39. The van der Waals surface area contributed by atoms with Gasteiger partial charge in [-0.1, -0.05) is 54.6 Å². The molecule has 1 aliphatic heterocycles. The lowest BCUT2D eigenvalue weighted by atomic mass is 9.95. The van der Waals surface area contributed by atoms with Crippen molar-refractivity contribution in [2.45, 2.75) is 13.0 Å². The molecular formula is C27H28N4O. The number of amides is 1. The Labute approximate surface area is 189 Å². The maximum atomic E-state index is 13.0. The Morgan fingerprint density at radius 2 is 1.53 bits per heavy atom. The van der Waals surface area contributed by atoms with Crippen molar-refractivity contribution in [2.75, 3.05) is 37.6 Å². The summed E-state index contributed by atoms with van der Waals surface area (Å²) in [5.41, 5.74) is 3.99. The van der Waals surface area contributed by atoms with E-state index in [4.69, 9.17) is 0 Å². The highest BCUT2D eigenvalue weighted by Gasteiger charge is 2.22. The summed E-state index contributed by atoms with van der Waals surface area (Å²) in [6, 6.07) is 27.9. The van der Waals surface area contributed by atoms with Crippen LogP contribution >= 0.6 is 0 Å². The topological polar surface area (TPSA) is 59.4 Å². The first kappa shape index (κ1) is 21.6. The highest BCUT2D eigenvalue weighted by molar-refractivity contribution is 6.01. The van der Waals surface area contributed by atoms with E-state index in [9.17, 15) is 10.1 Å². The van der Waals surface area contributed by atoms with Gasteiger partial charge in [0.25, 0.3) is 5.91 Å². The molecular weight excluding hydrogens is 396 g/mol. The number of hydrogen-bond acceptors (Lipinski definition) is 4. The Bertz CT molecular complexity index is 1100. The highest BCUT2D eigenvalue weighted by atomic mass is 16.1. The summed E-state index contributed by atoms with van der Waals surface area (Å²) in [7, 11) is 0. The Morgan fingerprint density at radius 1 is 0.906 bits per heavy atom. The molecule has 1 atom stereocenters. The van der Waals surface area contributed by atoms with Crippen molar-refractivity contribution in [1.29, 1.82) is 5.26 Å². The van der Waals surface area contributed by atoms with Crippen LogP contribution in [0.4, 0.5) is 5.69 Å². The summed E-state index contributed by atoms with van der Waals surface area (Å²) in [6.07, 6.45) is 0. The number of hydrogen-bond donors (Lipinski definition) is 1. The van der Waals surface area contributed by atoms with Crippen LogP contribution in [0.1, 0.15) is 22.8 Å². The lowest BCUT2D eigenvalue weighted by molar-refractivity contribution is 0.0935. The Balaban J connectivity index is 1.37. The van der Waals surface area contributed by atoms with Crippen molar-refractivity contribution in [1.82, 2.24) is 10.2 Å². The van der Waals surface area contributed by atoms with Crippen LogP contribution in [0.25, 0.3) is 11.1 Å². The first-order valence-electron chi connectivity index (χ1n) is 11.1. The third kappa shape index (κ3) is 4.82. The third-order valence-electron chi connectivity index (χ3n) is 6.13. The molecule has 5 nitrogen and oxygen atoms in total. The SMILES string of the molecule is CC(CNC(=O)c1ccccc1-c1ccccc1C#N)N1CCN(c2ccccc2)CC1. The van der Waals surface area contributed by atoms with Crippen LogP contribution in [0.15, 0.2) is 78.9 Å². The molecule has 1 aliphatic rings. The second kappa shape index (κ2) is 10.1. The zero-order valence-electron chi connectivity index (χ0n) is 18.4. The number of para-hydroxylation sites is 1. The minimum atomic E-state index is -0.108. The zero-order valence-corrected chi connectivity index (χ0v) is 18.4. The van der Waals surface area contributed by atoms with Gasteiger partial charge in [-0.3, -0.25) is 9.69 Å². The quantitative estimate of drug-likeness (QED) is 0.645. The Kier molecular flexibility index (Phi) is 6.84. The molecule has 32 heavy (non-hydrogen) atoms. The first-order valence-corrected chi connectivity index (χ1v) is 11.1. The Morgan fingerprint density at radius 3 is 2.25 bits per heavy atom. The van der Waals surface area contributed by atoms with E-state index in [-0.39, 0.29) is 11.9 Å². The largest absolute Gasteiger partial charge is 0.369 e. The van der Waals surface area contributed by atoms with Crippen molar-refractivity contribution in [3.63, 3.8) is 0 Å². The normalized spacial score (nSPS) is 15.1. The van der Waals surface area contributed by atoms with E-state index in [1.54, 1.807) is 6.07 Å². The second-order valence-corrected chi connectivity index (χ2v) is 8.12. The number of anilines is 1. The molecule has 1 fully saturated rings. The van der Waals surface area contributed by atoms with Gasteiger partial charge in [0, 0.05) is 55.6 Å². The average molecular weight is 425 g/mol. The first-order chi connectivity index (χ1) is 15.7. The standard InChI is InChI=1S/C27H28N4O/c1-21(30-15-17-31(18-16-30)23-10-3-2-4-11-23)20-29-27(32)26-14-8-7-13-25(26)24-12-6-5-9-22(24)19-28/h2-14,21H,15-18,20H2,1H3,(H,29,32). The summed E-state index contributed by atoms with van der Waals surface area (Å²) in [4.78, 5) is 17.9. The smallest absolute Gasteiger partial charge is 0.251 e. The molecule has 1 amide bonds. The van der Waals surface area contributed by atoms with Crippen molar-refractivity contribution >= 4 is 11.6 Å². The number of nitrogens with zero attached hydrogens (tertiary/aromatic N) is 3. The predicted molar refractivity (Wildman–Crippen MR) is 129 cm³/mol. The molecule has 4 rings (SSSR count). The number of carbonyl (C=O) groups excluding carboxylic acids is 1. The number of nitrogens with one attached hydrogen (secondary N) is 1. The van der Waals surface area contributed by atoms with E-state index in [0.29, 0.717) is 17.7 Å². The molecule has 162 valence electrons. The van der Waals surface area contributed by atoms with Crippen LogP contribution in [0.2, 0.25) is 0 Å². The van der Waals surface area contributed by atoms with Crippen molar-refractivity contribution in [2.24, 2.45) is 0 Å². The molecule has 0 bridgehead atoms. The maximum Gasteiger partial charge on any atom is 0.251 e. The van der Waals surface area contributed by atoms with E-state index in [0.717, 1.165) is 37.3 Å². The van der Waals surface area contributed by atoms with Gasteiger partial charge in [0.2, 0.25) is 0 Å². The van der Waals surface area contributed by atoms with Crippen LogP contribution < -0.4 is 10.2 Å². The van der Waals surface area contributed by atoms with Crippen LogP contribution in [-0.4, -0.2) is 49.6 Å². The highest BCUT2D eigenvalue weighted by Crippen LogP contribution is 2.27. The molecule has 0 spiro atoms. The molecule has 3 aromatic rings. The fraction of sp³-hybridized carbons (Fsp3) is 0.259. The van der Waals surface area contributed by atoms with Crippen molar-refractivity contribution in [3.05, 3.63) is 90.0 Å². The summed E-state index contributed by atoms with van der Waals surface area (Å²) < 4.78 is 0. The van der Waals surface area contributed by atoms with Gasteiger partial charge < -0.3 is 10.2 Å². The van der Waals surface area contributed by atoms with Gasteiger partial charge in [-0.2, -0.15) is 5.26 Å². The summed E-state index contributed by atoms with van der Waals surface area (Å²) in [5, 5.41) is 12.6. The van der Waals surface area contributed by atoms with Crippen LogP contribution in [-0.2, 0) is 0 Å². The second-order valence-electron chi connectivity index (χ2n) is 8.12. The molecule has 1 heterocycles. The molecule has 0 radical (unpaired) electrons. The number of rotatable bonds is 6. The molecule has 0 aliphatic carbocycles. The summed E-state index contributed by atoms with van der Waals surface area (Å²) >= 11 is 0. The number of nitriles is 1. The van der Waals surface area contributed by atoms with E-state index in [2.05, 4.69) is 52.4 Å². The fourth-order valence-corrected chi connectivity index (χ4v) is 4.26. The molecule has 1 N–H and O–H groups in total. The number of carbonyl (C=O) groups is 1. The number of benzene rings is 3. The molecule has 0 saturated carbocycles. The van der Waals surface area contributed by atoms with Crippen LogP contribution in [0.3, 0.4) is 0 Å². The van der Waals surface area contributed by atoms with Gasteiger partial charge in [0.15, 0.2) is 0 Å². The minimum absolute atomic E-state index is 0.108. The van der Waals surface area contributed by atoms with E-state index in [1.807, 2.05) is 48.5 Å². The van der Waals surface area contributed by atoms with Gasteiger partial charge in [0.05, 0.1) is 11.6 Å². The van der Waals surface area contributed by atoms with E-state index >= 15 is 0 Å². The van der Waals surface area contributed by atoms with E-state index < -0.39 is 0 Å². The van der Waals surface area contributed by atoms with Crippen LogP contribution in [0, 0.1) is 11.3 Å². The van der Waals surface area contributed by atoms with Gasteiger partial charge in [0.1, 0.15) is 0 Å². The average Bonchev–Trinajstić information content (AvgIpc) is 2.87. The van der Waals surface area contributed by atoms with Crippen LogP contribution in [0.5, 0.6) is 0 Å². The molecule has 1 saturated heterocycles. The zero-order chi connectivity index (χ0) is 22.3. The molecule has 5 heteroatoms. The Hall–Kier alpha value is -3.62. The van der Waals surface area contributed by atoms with Gasteiger partial charge >= 0.3 is 0 Å². The fourth-order valence-electron chi connectivity index (χ4n) is 4.26. The minimum Gasteiger partial charge on any atom is -0.369 e. The van der Waals surface area contributed by atoms with Crippen molar-refractivity contribution < 1.29 is 4.79 Å². The maximum absolute atomic E-state index is 13.0. The lowest BCUT2D eigenvalue weighted by Crippen LogP contribution is -2.52. The van der Waals surface area contributed by atoms with Gasteiger partial charge in [-0.15, -0.1) is 0 Å². The number of piperazine rings is 1. The van der Waals surface area contributed by atoms with Gasteiger partial charge in [-0.25, -0.2) is 0 Å². The molecule has 1 unspecified atom stereocenters. The van der Waals surface area contributed by atoms with Crippen molar-refractivity contribution in [3.8, 4) is 17.2 Å². The van der Waals surface area contributed by atoms with E-state index in [1.165, 1.54) is 5.69 Å². The monoisotopic (exact) mass is 424 g/mol. The summed E-state index contributed by atoms with van der Waals surface area (Å²) in [6.45, 7) is 6.65. The van der Waals surface area contributed by atoms with Gasteiger partial charge in [-0.05, 0) is 36.8 Å². The predicted octanol–water partition coefficient (Wildman–Crippen LogP) is 4.17. The summed E-state index contributed by atoms with van der Waals surface area (Å²) in [5.74, 6) is -0.108. The molecule has 0 aromatic heterocycles.